The van der Waals surface area contributed by atoms with Crippen LogP contribution in [0.2, 0.25) is 0 Å². The van der Waals surface area contributed by atoms with Crippen molar-refractivity contribution >= 4 is 11.6 Å². The van der Waals surface area contributed by atoms with E-state index in [-0.39, 0.29) is 6.61 Å². The highest BCUT2D eigenvalue weighted by atomic mass is 16.5. The standard InChI is InChI=1S/C20H18N4O2/c1-26-18-8-4-15(5-9-18)19-16(12-21)13-22-20(24-19)23-17-6-2-14(3-7-17)10-11-25/h2-9,13,25H,10-11H2,1H3,(H,22,23,24). The molecule has 2 aromatic carbocycles. The third-order valence-corrected chi connectivity index (χ3v) is 3.88. The lowest BCUT2D eigenvalue weighted by atomic mass is 10.1. The fraction of sp³-hybridized carbons (Fsp3) is 0.150. The summed E-state index contributed by atoms with van der Waals surface area (Å²) in [4.78, 5) is 8.71. The molecule has 0 amide bonds. The molecule has 1 heterocycles. The van der Waals surface area contributed by atoms with Crippen LogP contribution in [0.25, 0.3) is 11.3 Å². The van der Waals surface area contributed by atoms with Gasteiger partial charge in [0.2, 0.25) is 5.95 Å². The van der Waals surface area contributed by atoms with E-state index in [2.05, 4.69) is 21.4 Å². The lowest BCUT2D eigenvalue weighted by Crippen LogP contribution is -2.01. The quantitative estimate of drug-likeness (QED) is 0.711. The molecular formula is C20H18N4O2. The number of methoxy groups -OCH3 is 1. The van der Waals surface area contributed by atoms with E-state index < -0.39 is 0 Å². The van der Waals surface area contributed by atoms with Crippen molar-refractivity contribution in [2.75, 3.05) is 19.0 Å². The van der Waals surface area contributed by atoms with Crippen LogP contribution in [0.3, 0.4) is 0 Å². The molecule has 0 unspecified atom stereocenters. The van der Waals surface area contributed by atoms with Gasteiger partial charge in [-0.25, -0.2) is 9.97 Å². The van der Waals surface area contributed by atoms with Crippen LogP contribution in [0.15, 0.2) is 54.7 Å². The minimum absolute atomic E-state index is 0.122. The molecule has 0 aliphatic rings. The number of hydrogen-bond acceptors (Lipinski definition) is 6. The predicted molar refractivity (Wildman–Crippen MR) is 99.2 cm³/mol. The number of ether oxygens (including phenoxy) is 1. The summed E-state index contributed by atoms with van der Waals surface area (Å²) >= 11 is 0. The normalized spacial score (nSPS) is 10.2. The van der Waals surface area contributed by atoms with Crippen molar-refractivity contribution in [1.29, 1.82) is 5.26 Å². The van der Waals surface area contributed by atoms with Gasteiger partial charge < -0.3 is 15.2 Å². The summed E-state index contributed by atoms with van der Waals surface area (Å²) in [6.07, 6.45) is 2.13. The molecule has 0 saturated heterocycles. The summed E-state index contributed by atoms with van der Waals surface area (Å²) in [6, 6.07) is 17.2. The maximum absolute atomic E-state index is 9.35. The SMILES string of the molecule is COc1ccc(-c2nc(Nc3ccc(CCO)cc3)ncc2C#N)cc1. The van der Waals surface area contributed by atoms with Gasteiger partial charge >= 0.3 is 0 Å². The number of anilines is 2. The minimum Gasteiger partial charge on any atom is -0.497 e. The van der Waals surface area contributed by atoms with Crippen molar-refractivity contribution in [3.05, 3.63) is 65.9 Å². The van der Waals surface area contributed by atoms with Crippen LogP contribution >= 0.6 is 0 Å². The molecule has 0 atom stereocenters. The second kappa shape index (κ2) is 8.10. The minimum atomic E-state index is 0.122. The van der Waals surface area contributed by atoms with Gasteiger partial charge in [0.05, 0.1) is 24.6 Å². The van der Waals surface area contributed by atoms with Crippen LogP contribution in [0.4, 0.5) is 11.6 Å². The molecule has 1 aromatic heterocycles. The molecule has 6 nitrogen and oxygen atoms in total. The molecule has 130 valence electrons. The monoisotopic (exact) mass is 346 g/mol. The Hall–Kier alpha value is -3.43. The molecule has 0 aliphatic heterocycles. The highest BCUT2D eigenvalue weighted by Gasteiger charge is 2.10. The fourth-order valence-electron chi connectivity index (χ4n) is 2.51. The first kappa shape index (κ1) is 17.4. The molecule has 0 saturated carbocycles. The zero-order valence-electron chi connectivity index (χ0n) is 14.3. The zero-order chi connectivity index (χ0) is 18.4. The van der Waals surface area contributed by atoms with Crippen molar-refractivity contribution in [3.63, 3.8) is 0 Å². The maximum atomic E-state index is 9.35. The molecular weight excluding hydrogens is 328 g/mol. The molecule has 26 heavy (non-hydrogen) atoms. The summed E-state index contributed by atoms with van der Waals surface area (Å²) in [6.45, 7) is 0.122. The van der Waals surface area contributed by atoms with Crippen LogP contribution < -0.4 is 10.1 Å². The molecule has 0 radical (unpaired) electrons. The van der Waals surface area contributed by atoms with Crippen molar-refractivity contribution in [1.82, 2.24) is 9.97 Å². The number of nitrogens with one attached hydrogen (secondary N) is 1. The first-order valence-electron chi connectivity index (χ1n) is 8.12. The smallest absolute Gasteiger partial charge is 0.227 e. The first-order chi connectivity index (χ1) is 12.7. The van der Waals surface area contributed by atoms with Gasteiger partial charge in [-0.1, -0.05) is 12.1 Å². The maximum Gasteiger partial charge on any atom is 0.227 e. The largest absolute Gasteiger partial charge is 0.497 e. The van der Waals surface area contributed by atoms with Gasteiger partial charge in [0.1, 0.15) is 11.8 Å². The predicted octanol–water partition coefficient (Wildman–Crippen LogP) is 3.30. The lowest BCUT2D eigenvalue weighted by molar-refractivity contribution is 0.299. The van der Waals surface area contributed by atoms with E-state index in [1.807, 2.05) is 48.5 Å². The van der Waals surface area contributed by atoms with Crippen LogP contribution in [0.1, 0.15) is 11.1 Å². The van der Waals surface area contributed by atoms with Crippen LogP contribution in [-0.2, 0) is 6.42 Å². The van der Waals surface area contributed by atoms with E-state index in [9.17, 15) is 5.26 Å². The number of aliphatic hydroxyl groups is 1. The molecule has 3 aromatic rings. The number of hydrogen-bond donors (Lipinski definition) is 2. The number of benzene rings is 2. The Kier molecular flexibility index (Phi) is 5.42. The van der Waals surface area contributed by atoms with Gasteiger partial charge in [0.15, 0.2) is 0 Å². The first-order valence-corrected chi connectivity index (χ1v) is 8.12. The molecule has 3 rings (SSSR count). The van der Waals surface area contributed by atoms with E-state index in [4.69, 9.17) is 9.84 Å². The van der Waals surface area contributed by atoms with Crippen molar-refractivity contribution in [3.8, 4) is 23.1 Å². The number of rotatable bonds is 6. The Morgan fingerprint density at radius 1 is 1.12 bits per heavy atom. The van der Waals surface area contributed by atoms with Crippen LogP contribution in [0.5, 0.6) is 5.75 Å². The van der Waals surface area contributed by atoms with Crippen LogP contribution in [-0.4, -0.2) is 28.8 Å². The molecule has 2 N–H and O–H groups in total. The Balaban J connectivity index is 1.88. The summed E-state index contributed by atoms with van der Waals surface area (Å²) in [7, 11) is 1.61. The number of nitriles is 1. The van der Waals surface area contributed by atoms with Gasteiger partial charge in [0, 0.05) is 17.9 Å². The van der Waals surface area contributed by atoms with Crippen molar-refractivity contribution in [2.24, 2.45) is 0 Å². The molecule has 0 bridgehead atoms. The van der Waals surface area contributed by atoms with Gasteiger partial charge in [-0.15, -0.1) is 0 Å². The van der Waals surface area contributed by atoms with E-state index in [1.54, 1.807) is 7.11 Å². The number of aliphatic hydroxyl groups excluding tert-OH is 1. The lowest BCUT2D eigenvalue weighted by Gasteiger charge is -2.09. The topological polar surface area (TPSA) is 91.1 Å². The zero-order valence-corrected chi connectivity index (χ0v) is 14.3. The van der Waals surface area contributed by atoms with Gasteiger partial charge in [-0.2, -0.15) is 5.26 Å². The highest BCUT2D eigenvalue weighted by molar-refractivity contribution is 5.68. The molecule has 0 spiro atoms. The summed E-state index contributed by atoms with van der Waals surface area (Å²) in [5.74, 6) is 1.15. The second-order valence-corrected chi connectivity index (χ2v) is 5.59. The Morgan fingerprint density at radius 2 is 1.85 bits per heavy atom. The average molecular weight is 346 g/mol. The highest BCUT2D eigenvalue weighted by Crippen LogP contribution is 2.25. The third kappa shape index (κ3) is 3.97. The Morgan fingerprint density at radius 3 is 2.46 bits per heavy atom. The fourth-order valence-corrected chi connectivity index (χ4v) is 2.51. The summed E-state index contributed by atoms with van der Waals surface area (Å²) < 4.78 is 5.17. The summed E-state index contributed by atoms with van der Waals surface area (Å²) in [5, 5.41) is 21.5. The van der Waals surface area contributed by atoms with Gasteiger partial charge in [0.25, 0.3) is 0 Å². The van der Waals surface area contributed by atoms with Crippen molar-refractivity contribution < 1.29 is 9.84 Å². The van der Waals surface area contributed by atoms with E-state index >= 15 is 0 Å². The molecule has 6 heteroatoms. The molecule has 0 fully saturated rings. The Labute approximate surface area is 151 Å². The third-order valence-electron chi connectivity index (χ3n) is 3.88. The van der Waals surface area contributed by atoms with E-state index in [0.717, 1.165) is 22.6 Å². The number of nitrogens with zero attached hydrogens (tertiary/aromatic N) is 3. The number of aromatic nitrogens is 2. The van der Waals surface area contributed by atoms with Gasteiger partial charge in [-0.3, -0.25) is 0 Å². The van der Waals surface area contributed by atoms with Gasteiger partial charge in [-0.05, 0) is 48.4 Å². The Bertz CT molecular complexity index is 916. The van der Waals surface area contributed by atoms with Crippen molar-refractivity contribution in [2.45, 2.75) is 6.42 Å². The van der Waals surface area contributed by atoms with E-state index in [1.165, 1.54) is 6.20 Å². The summed E-state index contributed by atoms with van der Waals surface area (Å²) in [5.41, 5.74) is 3.66. The second-order valence-electron chi connectivity index (χ2n) is 5.59. The molecule has 0 aliphatic carbocycles. The van der Waals surface area contributed by atoms with Crippen LogP contribution in [0, 0.1) is 11.3 Å². The average Bonchev–Trinajstić information content (AvgIpc) is 2.70. The van der Waals surface area contributed by atoms with E-state index in [0.29, 0.717) is 23.6 Å².